The Balaban J connectivity index is 1.80. The highest BCUT2D eigenvalue weighted by Crippen LogP contribution is 2.22. The highest BCUT2D eigenvalue weighted by molar-refractivity contribution is 7.99. The fourth-order valence-corrected chi connectivity index (χ4v) is 3.30. The summed E-state index contributed by atoms with van der Waals surface area (Å²) in [5.74, 6) is 3.27. The van der Waals surface area contributed by atoms with Gasteiger partial charge < -0.3 is 5.32 Å². The molecule has 1 fully saturated rings. The molecule has 1 N–H and O–H groups in total. The molecule has 3 heteroatoms. The summed E-state index contributed by atoms with van der Waals surface area (Å²) in [7, 11) is 0. The third kappa shape index (κ3) is 3.22. The van der Waals surface area contributed by atoms with Crippen molar-refractivity contribution < 1.29 is 4.39 Å². The molecule has 1 atom stereocenters. The minimum atomic E-state index is -0.145. The van der Waals surface area contributed by atoms with Gasteiger partial charge in [0.2, 0.25) is 0 Å². The molecule has 0 spiro atoms. The van der Waals surface area contributed by atoms with Crippen LogP contribution in [0.3, 0.4) is 0 Å². The molecule has 0 aliphatic carbocycles. The van der Waals surface area contributed by atoms with Crippen LogP contribution in [0.2, 0.25) is 0 Å². The molecule has 2 rings (SSSR count). The van der Waals surface area contributed by atoms with E-state index in [1.165, 1.54) is 29.6 Å². The van der Waals surface area contributed by atoms with Crippen molar-refractivity contribution in [3.63, 3.8) is 0 Å². The molecule has 1 aromatic rings. The molecule has 1 unspecified atom stereocenters. The Morgan fingerprint density at radius 1 is 1.50 bits per heavy atom. The monoisotopic (exact) mass is 239 g/mol. The standard InChI is InChI=1S/C13H18FNS/c1-10-6-13(14)3-2-12(10)8-15-7-11-4-5-16-9-11/h2-3,6,11,15H,4-5,7-9H2,1H3. The van der Waals surface area contributed by atoms with E-state index in [1.807, 2.05) is 24.8 Å². The van der Waals surface area contributed by atoms with Crippen LogP contribution in [-0.4, -0.2) is 18.1 Å². The molecule has 88 valence electrons. The van der Waals surface area contributed by atoms with Crippen LogP contribution in [0.5, 0.6) is 0 Å². The number of nitrogens with one attached hydrogen (secondary N) is 1. The summed E-state index contributed by atoms with van der Waals surface area (Å²) >= 11 is 2.04. The fourth-order valence-electron chi connectivity index (χ4n) is 2.01. The zero-order valence-corrected chi connectivity index (χ0v) is 10.4. The van der Waals surface area contributed by atoms with E-state index in [2.05, 4.69) is 5.32 Å². The molecule has 0 aromatic heterocycles. The summed E-state index contributed by atoms with van der Waals surface area (Å²) < 4.78 is 12.9. The van der Waals surface area contributed by atoms with Gasteiger partial charge >= 0.3 is 0 Å². The molecular formula is C13H18FNS. The second-order valence-corrected chi connectivity index (χ2v) is 5.58. The SMILES string of the molecule is Cc1cc(F)ccc1CNCC1CCSC1. The molecule has 1 aliphatic rings. The number of thioether (sulfide) groups is 1. The molecule has 0 saturated carbocycles. The Bertz CT molecular complexity index is 348. The van der Waals surface area contributed by atoms with E-state index in [4.69, 9.17) is 0 Å². The fraction of sp³-hybridized carbons (Fsp3) is 0.538. The largest absolute Gasteiger partial charge is 0.312 e. The highest BCUT2D eigenvalue weighted by Gasteiger charge is 2.14. The Kier molecular flexibility index (Phi) is 4.24. The molecule has 0 amide bonds. The summed E-state index contributed by atoms with van der Waals surface area (Å²) in [6, 6.07) is 5.01. The predicted molar refractivity (Wildman–Crippen MR) is 68.3 cm³/mol. The van der Waals surface area contributed by atoms with Crippen LogP contribution < -0.4 is 5.32 Å². The Labute approximate surface area is 101 Å². The number of aryl methyl sites for hydroxylation is 1. The second kappa shape index (κ2) is 5.69. The smallest absolute Gasteiger partial charge is 0.123 e. The molecule has 1 heterocycles. The van der Waals surface area contributed by atoms with Crippen LogP contribution in [-0.2, 0) is 6.54 Å². The van der Waals surface area contributed by atoms with Gasteiger partial charge in [-0.1, -0.05) is 6.07 Å². The van der Waals surface area contributed by atoms with Crippen molar-refractivity contribution in [2.24, 2.45) is 5.92 Å². The summed E-state index contributed by atoms with van der Waals surface area (Å²) in [6.45, 7) is 3.91. The normalized spacial score (nSPS) is 20.2. The van der Waals surface area contributed by atoms with Gasteiger partial charge in [0.25, 0.3) is 0 Å². The Hall–Kier alpha value is -0.540. The number of benzene rings is 1. The number of halogens is 1. The molecule has 1 nitrogen and oxygen atoms in total. The van der Waals surface area contributed by atoms with Crippen molar-refractivity contribution >= 4 is 11.8 Å². The van der Waals surface area contributed by atoms with Crippen LogP contribution in [0.25, 0.3) is 0 Å². The summed E-state index contributed by atoms with van der Waals surface area (Å²) in [5, 5.41) is 3.47. The third-order valence-electron chi connectivity index (χ3n) is 3.08. The van der Waals surface area contributed by atoms with Crippen molar-refractivity contribution in [2.45, 2.75) is 19.9 Å². The minimum absolute atomic E-state index is 0.145. The first-order valence-corrected chi connectivity index (χ1v) is 6.94. The maximum atomic E-state index is 12.9. The van der Waals surface area contributed by atoms with Gasteiger partial charge in [0.1, 0.15) is 5.82 Å². The van der Waals surface area contributed by atoms with Crippen molar-refractivity contribution in [1.82, 2.24) is 5.32 Å². The van der Waals surface area contributed by atoms with Crippen molar-refractivity contribution in [3.05, 3.63) is 35.1 Å². The van der Waals surface area contributed by atoms with E-state index >= 15 is 0 Å². The van der Waals surface area contributed by atoms with E-state index in [0.717, 1.165) is 24.6 Å². The molecule has 1 aliphatic heterocycles. The molecule has 0 bridgehead atoms. The average molecular weight is 239 g/mol. The van der Waals surface area contributed by atoms with Crippen LogP contribution in [0.1, 0.15) is 17.5 Å². The lowest BCUT2D eigenvalue weighted by Crippen LogP contribution is -2.22. The van der Waals surface area contributed by atoms with E-state index in [1.54, 1.807) is 6.07 Å². The minimum Gasteiger partial charge on any atom is -0.312 e. The first kappa shape index (κ1) is 11.9. The van der Waals surface area contributed by atoms with Crippen LogP contribution in [0, 0.1) is 18.7 Å². The molecular weight excluding hydrogens is 221 g/mol. The summed E-state index contributed by atoms with van der Waals surface area (Å²) in [5.41, 5.74) is 2.24. The maximum Gasteiger partial charge on any atom is 0.123 e. The van der Waals surface area contributed by atoms with Gasteiger partial charge in [0.15, 0.2) is 0 Å². The van der Waals surface area contributed by atoms with E-state index < -0.39 is 0 Å². The first-order valence-electron chi connectivity index (χ1n) is 5.79. The quantitative estimate of drug-likeness (QED) is 0.867. The second-order valence-electron chi connectivity index (χ2n) is 4.43. The van der Waals surface area contributed by atoms with Gasteiger partial charge in [-0.15, -0.1) is 0 Å². The first-order chi connectivity index (χ1) is 7.75. The Morgan fingerprint density at radius 2 is 2.38 bits per heavy atom. The maximum absolute atomic E-state index is 12.9. The lowest BCUT2D eigenvalue weighted by Gasteiger charge is -2.11. The predicted octanol–water partition coefficient (Wildman–Crippen LogP) is 2.98. The van der Waals surface area contributed by atoms with Gasteiger partial charge in [-0.25, -0.2) is 4.39 Å². The summed E-state index contributed by atoms with van der Waals surface area (Å²) in [6.07, 6.45) is 1.33. The van der Waals surface area contributed by atoms with Crippen molar-refractivity contribution in [2.75, 3.05) is 18.1 Å². The number of rotatable bonds is 4. The zero-order valence-electron chi connectivity index (χ0n) is 9.63. The van der Waals surface area contributed by atoms with Crippen LogP contribution in [0.4, 0.5) is 4.39 Å². The van der Waals surface area contributed by atoms with Gasteiger partial charge in [0, 0.05) is 6.54 Å². The van der Waals surface area contributed by atoms with Gasteiger partial charge in [-0.05, 0) is 60.6 Å². The number of hydrogen-bond acceptors (Lipinski definition) is 2. The lowest BCUT2D eigenvalue weighted by molar-refractivity contribution is 0.522. The van der Waals surface area contributed by atoms with Crippen LogP contribution in [0.15, 0.2) is 18.2 Å². The van der Waals surface area contributed by atoms with E-state index in [0.29, 0.717) is 0 Å². The highest BCUT2D eigenvalue weighted by atomic mass is 32.2. The van der Waals surface area contributed by atoms with E-state index in [9.17, 15) is 4.39 Å². The van der Waals surface area contributed by atoms with Gasteiger partial charge in [0.05, 0.1) is 0 Å². The van der Waals surface area contributed by atoms with Crippen molar-refractivity contribution in [1.29, 1.82) is 0 Å². The van der Waals surface area contributed by atoms with E-state index in [-0.39, 0.29) is 5.82 Å². The molecule has 16 heavy (non-hydrogen) atoms. The van der Waals surface area contributed by atoms with Crippen molar-refractivity contribution in [3.8, 4) is 0 Å². The Morgan fingerprint density at radius 3 is 3.06 bits per heavy atom. The van der Waals surface area contributed by atoms with Gasteiger partial charge in [-0.2, -0.15) is 11.8 Å². The summed E-state index contributed by atoms with van der Waals surface area (Å²) in [4.78, 5) is 0. The van der Waals surface area contributed by atoms with Gasteiger partial charge in [-0.3, -0.25) is 0 Å². The topological polar surface area (TPSA) is 12.0 Å². The lowest BCUT2D eigenvalue weighted by atomic mass is 10.1. The zero-order chi connectivity index (χ0) is 11.4. The third-order valence-corrected chi connectivity index (χ3v) is 4.31. The molecule has 1 aromatic carbocycles. The molecule has 0 radical (unpaired) electrons. The average Bonchev–Trinajstić information content (AvgIpc) is 2.74. The number of hydrogen-bond donors (Lipinski definition) is 1. The van der Waals surface area contributed by atoms with Crippen LogP contribution >= 0.6 is 11.8 Å². The molecule has 1 saturated heterocycles.